The van der Waals surface area contributed by atoms with Gasteiger partial charge in [0.1, 0.15) is 18.1 Å². The number of nitrogens with one attached hydrogen (secondary N) is 4. The Morgan fingerprint density at radius 1 is 0.919 bits per heavy atom. The highest BCUT2D eigenvalue weighted by Crippen LogP contribution is 2.10. The average molecular weight is 515 g/mol. The Kier molecular flexibility index (Phi) is 11.3. The van der Waals surface area contributed by atoms with Crippen molar-refractivity contribution in [2.45, 2.75) is 71.1 Å². The number of aromatic amines is 1. The number of carboxylic acid groups (broad SMARTS) is 1. The Balaban J connectivity index is 2.08. The van der Waals surface area contributed by atoms with Gasteiger partial charge in [-0.3, -0.25) is 14.4 Å². The molecule has 1 heterocycles. The van der Waals surface area contributed by atoms with Gasteiger partial charge in [0.05, 0.1) is 12.4 Å². The van der Waals surface area contributed by atoms with Crippen LogP contribution in [0.5, 0.6) is 0 Å². The Labute approximate surface area is 217 Å². The van der Waals surface area contributed by atoms with Gasteiger partial charge in [0, 0.05) is 24.7 Å². The number of H-pyrrole nitrogens is 1. The summed E-state index contributed by atoms with van der Waals surface area (Å²) in [5.74, 6) is -3.12. The van der Waals surface area contributed by atoms with Crippen molar-refractivity contribution in [3.63, 3.8) is 0 Å². The van der Waals surface area contributed by atoms with Crippen LogP contribution in [0.4, 0.5) is 0 Å². The van der Waals surface area contributed by atoms with E-state index in [1.165, 1.54) is 6.33 Å². The molecule has 2 aromatic rings. The minimum atomic E-state index is -1.18. The monoisotopic (exact) mass is 514 g/mol. The molecule has 0 saturated heterocycles. The first-order chi connectivity index (χ1) is 17.5. The summed E-state index contributed by atoms with van der Waals surface area (Å²) in [5.41, 5.74) is 7.46. The Morgan fingerprint density at radius 3 is 2.11 bits per heavy atom. The standard InChI is InChI=1S/C26H38N6O5/c1-15(2)10-20(30-23(33)19(27)12-18-13-28-14-29-18)24(34)32-22(16(3)4)25(35)31-21(26(36)37)11-17-8-6-5-7-9-17/h5-9,13-16,19-22H,10-12,27H2,1-4H3,(H,28,29)(H,30,33)(H,31,35)(H,32,34)(H,36,37). The quantitative estimate of drug-likeness (QED) is 0.215. The Bertz CT molecular complexity index is 1030. The number of aromatic nitrogens is 2. The lowest BCUT2D eigenvalue weighted by Crippen LogP contribution is -2.59. The highest BCUT2D eigenvalue weighted by atomic mass is 16.4. The van der Waals surface area contributed by atoms with Crippen molar-refractivity contribution in [3.05, 3.63) is 54.1 Å². The number of aliphatic carboxylic acids is 1. The first kappa shape index (κ1) is 29.5. The van der Waals surface area contributed by atoms with Crippen LogP contribution in [-0.2, 0) is 32.0 Å². The SMILES string of the molecule is CC(C)CC(NC(=O)C(N)Cc1cnc[nH]1)C(=O)NC(C(=O)NC(Cc1ccccc1)C(=O)O)C(C)C. The van der Waals surface area contributed by atoms with Gasteiger partial charge in [-0.05, 0) is 23.8 Å². The number of amides is 3. The zero-order valence-corrected chi connectivity index (χ0v) is 21.7. The van der Waals surface area contributed by atoms with Crippen LogP contribution in [-0.4, -0.2) is 62.9 Å². The number of carboxylic acids is 1. The van der Waals surface area contributed by atoms with Crippen LogP contribution in [0, 0.1) is 11.8 Å². The molecule has 0 aliphatic carbocycles. The second-order valence-electron chi connectivity index (χ2n) is 9.90. The lowest BCUT2D eigenvalue weighted by Gasteiger charge is -2.27. The molecule has 37 heavy (non-hydrogen) atoms. The predicted octanol–water partition coefficient (Wildman–Crippen LogP) is 0.763. The maximum absolute atomic E-state index is 13.2. The molecule has 4 atom stereocenters. The largest absolute Gasteiger partial charge is 0.480 e. The summed E-state index contributed by atoms with van der Waals surface area (Å²) in [6.07, 6.45) is 3.70. The molecular weight excluding hydrogens is 476 g/mol. The maximum atomic E-state index is 13.2. The van der Waals surface area contributed by atoms with E-state index in [1.807, 2.05) is 19.9 Å². The lowest BCUT2D eigenvalue weighted by atomic mass is 9.98. The maximum Gasteiger partial charge on any atom is 0.326 e. The number of carbonyl (C=O) groups is 4. The lowest BCUT2D eigenvalue weighted by molar-refractivity contribution is -0.142. The average Bonchev–Trinajstić information content (AvgIpc) is 3.34. The molecule has 1 aromatic heterocycles. The third-order valence-electron chi connectivity index (χ3n) is 5.82. The zero-order valence-electron chi connectivity index (χ0n) is 21.7. The molecular formula is C26H38N6O5. The Hall–Kier alpha value is -3.73. The molecule has 7 N–H and O–H groups in total. The van der Waals surface area contributed by atoms with Gasteiger partial charge in [0.2, 0.25) is 17.7 Å². The molecule has 2 rings (SSSR count). The molecule has 3 amide bonds. The molecule has 202 valence electrons. The second kappa shape index (κ2) is 14.1. The second-order valence-corrected chi connectivity index (χ2v) is 9.90. The smallest absolute Gasteiger partial charge is 0.326 e. The van der Waals surface area contributed by atoms with Crippen LogP contribution in [0.1, 0.15) is 45.4 Å². The summed E-state index contributed by atoms with van der Waals surface area (Å²) >= 11 is 0. The first-order valence-corrected chi connectivity index (χ1v) is 12.4. The van der Waals surface area contributed by atoms with E-state index in [1.54, 1.807) is 44.3 Å². The number of benzene rings is 1. The summed E-state index contributed by atoms with van der Waals surface area (Å²) in [5, 5.41) is 17.6. The fourth-order valence-electron chi connectivity index (χ4n) is 3.81. The molecule has 11 nitrogen and oxygen atoms in total. The molecule has 11 heteroatoms. The number of nitrogens with two attached hydrogens (primary N) is 1. The topological polar surface area (TPSA) is 179 Å². The molecule has 4 unspecified atom stereocenters. The van der Waals surface area contributed by atoms with Gasteiger partial charge in [0.15, 0.2) is 0 Å². The van der Waals surface area contributed by atoms with E-state index in [9.17, 15) is 24.3 Å². The molecule has 0 aliphatic heterocycles. The van der Waals surface area contributed by atoms with Crippen molar-refractivity contribution < 1.29 is 24.3 Å². The van der Waals surface area contributed by atoms with Crippen molar-refractivity contribution in [3.8, 4) is 0 Å². The molecule has 0 aliphatic rings. The van der Waals surface area contributed by atoms with Crippen LogP contribution in [0.3, 0.4) is 0 Å². The third-order valence-corrected chi connectivity index (χ3v) is 5.82. The van der Waals surface area contributed by atoms with Gasteiger partial charge in [-0.25, -0.2) is 9.78 Å². The summed E-state index contributed by atoms with van der Waals surface area (Å²) in [6, 6.07) is 4.96. The number of hydrogen-bond donors (Lipinski definition) is 6. The van der Waals surface area contributed by atoms with E-state index >= 15 is 0 Å². The number of rotatable bonds is 14. The van der Waals surface area contributed by atoms with Crippen LogP contribution in [0.15, 0.2) is 42.9 Å². The van der Waals surface area contributed by atoms with E-state index in [4.69, 9.17) is 5.73 Å². The van der Waals surface area contributed by atoms with E-state index in [0.717, 1.165) is 5.56 Å². The molecule has 0 saturated carbocycles. The van der Waals surface area contributed by atoms with Crippen molar-refractivity contribution in [1.29, 1.82) is 0 Å². The van der Waals surface area contributed by atoms with Crippen molar-refractivity contribution >= 4 is 23.7 Å². The molecule has 0 bridgehead atoms. The molecule has 0 radical (unpaired) electrons. The minimum absolute atomic E-state index is 0.0634. The van der Waals surface area contributed by atoms with Gasteiger partial charge in [-0.2, -0.15) is 0 Å². The van der Waals surface area contributed by atoms with E-state index in [-0.39, 0.29) is 24.7 Å². The Morgan fingerprint density at radius 2 is 1.57 bits per heavy atom. The van der Waals surface area contributed by atoms with Crippen LogP contribution in [0.2, 0.25) is 0 Å². The van der Waals surface area contributed by atoms with Crippen LogP contribution in [0.25, 0.3) is 0 Å². The molecule has 1 aromatic carbocycles. The number of nitrogens with zero attached hydrogens (tertiary/aromatic N) is 1. The van der Waals surface area contributed by atoms with Crippen molar-refractivity contribution in [2.24, 2.45) is 17.6 Å². The van der Waals surface area contributed by atoms with Crippen molar-refractivity contribution in [1.82, 2.24) is 25.9 Å². The first-order valence-electron chi connectivity index (χ1n) is 12.4. The predicted molar refractivity (Wildman–Crippen MR) is 138 cm³/mol. The van der Waals surface area contributed by atoms with Gasteiger partial charge in [0.25, 0.3) is 0 Å². The van der Waals surface area contributed by atoms with Crippen LogP contribution >= 0.6 is 0 Å². The fourth-order valence-corrected chi connectivity index (χ4v) is 3.81. The fraction of sp³-hybridized carbons (Fsp3) is 0.500. The van der Waals surface area contributed by atoms with Crippen LogP contribution < -0.4 is 21.7 Å². The van der Waals surface area contributed by atoms with Gasteiger partial charge >= 0.3 is 5.97 Å². The molecule has 0 fully saturated rings. The number of imidazole rings is 1. The summed E-state index contributed by atoms with van der Waals surface area (Å²) in [4.78, 5) is 57.6. The molecule has 0 spiro atoms. The third kappa shape index (κ3) is 9.68. The van der Waals surface area contributed by atoms with Gasteiger partial charge in [-0.1, -0.05) is 58.0 Å². The highest BCUT2D eigenvalue weighted by molar-refractivity contribution is 5.94. The van der Waals surface area contributed by atoms with Crippen molar-refractivity contribution in [2.75, 3.05) is 0 Å². The summed E-state index contributed by atoms with van der Waals surface area (Å²) < 4.78 is 0. The number of hydrogen-bond acceptors (Lipinski definition) is 6. The van der Waals surface area contributed by atoms with E-state index in [2.05, 4.69) is 25.9 Å². The summed E-state index contributed by atoms with van der Waals surface area (Å²) in [7, 11) is 0. The van der Waals surface area contributed by atoms with E-state index in [0.29, 0.717) is 12.1 Å². The number of carbonyl (C=O) groups excluding carboxylic acids is 3. The van der Waals surface area contributed by atoms with Gasteiger partial charge in [-0.15, -0.1) is 0 Å². The van der Waals surface area contributed by atoms with E-state index < -0.39 is 47.9 Å². The van der Waals surface area contributed by atoms with Gasteiger partial charge < -0.3 is 31.8 Å². The zero-order chi connectivity index (χ0) is 27.5. The summed E-state index contributed by atoms with van der Waals surface area (Å²) in [6.45, 7) is 7.30. The highest BCUT2D eigenvalue weighted by Gasteiger charge is 2.32. The normalized spacial score (nSPS) is 14.5. The minimum Gasteiger partial charge on any atom is -0.480 e.